The van der Waals surface area contributed by atoms with E-state index in [-0.39, 0.29) is 55.8 Å². The van der Waals surface area contributed by atoms with E-state index in [1.54, 1.807) is 0 Å². The first kappa shape index (κ1) is 30.6. The van der Waals surface area contributed by atoms with Gasteiger partial charge in [-0.05, 0) is 34.7 Å². The van der Waals surface area contributed by atoms with Crippen molar-refractivity contribution >= 4 is 40.6 Å². The number of Topliss-reactive ketones (excluding diaryl/α,β-unsaturated/α-hetero) is 1. The van der Waals surface area contributed by atoms with Crippen LogP contribution in [0.1, 0.15) is 30.4 Å². The van der Waals surface area contributed by atoms with Gasteiger partial charge in [0, 0.05) is 32.4 Å². The van der Waals surface area contributed by atoms with Crippen molar-refractivity contribution < 1.29 is 28.7 Å². The molecular weight excluding hydrogens is 534 g/mol. The molecule has 0 saturated carbocycles. The van der Waals surface area contributed by atoms with Crippen molar-refractivity contribution in [3.05, 3.63) is 83.9 Å². The molecule has 9 nitrogen and oxygen atoms in total. The lowest BCUT2D eigenvalue weighted by Crippen LogP contribution is -2.47. The Hall–Kier alpha value is -4.37. The van der Waals surface area contributed by atoms with Crippen molar-refractivity contribution in [3.63, 3.8) is 0 Å². The number of aldehydes is 1. The number of hydrogen-bond acceptors (Lipinski definition) is 6. The van der Waals surface area contributed by atoms with Gasteiger partial charge in [-0.15, -0.1) is 0 Å². The van der Waals surface area contributed by atoms with Gasteiger partial charge in [0.1, 0.15) is 6.29 Å². The quantitative estimate of drug-likeness (QED) is 0.241. The van der Waals surface area contributed by atoms with Crippen LogP contribution in [0.3, 0.4) is 0 Å². The van der Waals surface area contributed by atoms with Crippen molar-refractivity contribution in [2.24, 2.45) is 11.8 Å². The molecule has 3 aromatic rings. The number of nitrogens with one attached hydrogen (secondary N) is 3. The molecule has 3 amide bonds. The number of ether oxygens (including phenoxy) is 1. The van der Waals surface area contributed by atoms with E-state index in [2.05, 4.69) is 16.0 Å². The Labute approximate surface area is 245 Å². The SMILES string of the molecule is COC[C@H](CC(=O)[C@H](Cc1cccc2ccccc12)NC(=O)Cc1ccccc1)C(=O)N[C@H](C=O)C[C@@H]1CCNC1=O. The van der Waals surface area contributed by atoms with E-state index < -0.39 is 23.9 Å². The predicted octanol–water partition coefficient (Wildman–Crippen LogP) is 2.54. The van der Waals surface area contributed by atoms with Gasteiger partial charge in [-0.3, -0.25) is 19.2 Å². The van der Waals surface area contributed by atoms with Crippen molar-refractivity contribution in [3.8, 4) is 0 Å². The van der Waals surface area contributed by atoms with Crippen molar-refractivity contribution in [1.29, 1.82) is 0 Å². The molecule has 4 atom stereocenters. The minimum absolute atomic E-state index is 0.0496. The summed E-state index contributed by atoms with van der Waals surface area (Å²) >= 11 is 0. The summed E-state index contributed by atoms with van der Waals surface area (Å²) in [6.07, 6.45) is 1.55. The Bertz CT molecular complexity index is 1400. The molecule has 220 valence electrons. The highest BCUT2D eigenvalue weighted by Gasteiger charge is 2.32. The third-order valence-corrected chi connectivity index (χ3v) is 7.61. The van der Waals surface area contributed by atoms with Crippen LogP contribution in [0, 0.1) is 11.8 Å². The van der Waals surface area contributed by atoms with Crippen molar-refractivity contribution in [2.75, 3.05) is 20.3 Å². The third kappa shape index (κ3) is 8.33. The lowest BCUT2D eigenvalue weighted by molar-refractivity contribution is -0.134. The van der Waals surface area contributed by atoms with Crippen molar-refractivity contribution in [1.82, 2.24) is 16.0 Å². The second-order valence-electron chi connectivity index (χ2n) is 10.7. The second-order valence-corrected chi connectivity index (χ2v) is 10.7. The molecule has 3 N–H and O–H groups in total. The first-order chi connectivity index (χ1) is 20.4. The van der Waals surface area contributed by atoms with E-state index in [0.29, 0.717) is 19.3 Å². The molecule has 0 aromatic heterocycles. The first-order valence-corrected chi connectivity index (χ1v) is 14.2. The van der Waals surface area contributed by atoms with Gasteiger partial charge in [0.15, 0.2) is 5.78 Å². The molecule has 4 rings (SSSR count). The van der Waals surface area contributed by atoms with Gasteiger partial charge in [-0.1, -0.05) is 72.8 Å². The Morgan fingerprint density at radius 1 is 1.00 bits per heavy atom. The Morgan fingerprint density at radius 2 is 1.74 bits per heavy atom. The summed E-state index contributed by atoms with van der Waals surface area (Å²) in [5, 5.41) is 10.3. The molecule has 1 saturated heterocycles. The number of fused-ring (bicyclic) bond motifs is 1. The highest BCUT2D eigenvalue weighted by molar-refractivity contribution is 5.94. The highest BCUT2D eigenvalue weighted by atomic mass is 16.5. The summed E-state index contributed by atoms with van der Waals surface area (Å²) in [4.78, 5) is 63.8. The number of rotatable bonds is 15. The molecular formula is C33H37N3O6. The van der Waals surface area contributed by atoms with Gasteiger partial charge in [-0.2, -0.15) is 0 Å². The zero-order valence-electron chi connectivity index (χ0n) is 23.7. The molecule has 1 aliphatic heterocycles. The molecule has 42 heavy (non-hydrogen) atoms. The normalized spacial score (nSPS) is 16.7. The summed E-state index contributed by atoms with van der Waals surface area (Å²) in [5.74, 6) is -2.51. The second kappa shape index (κ2) is 15.0. The fourth-order valence-electron chi connectivity index (χ4n) is 5.40. The molecule has 0 spiro atoms. The summed E-state index contributed by atoms with van der Waals surface area (Å²) in [7, 11) is 1.43. The molecule has 0 radical (unpaired) electrons. The van der Waals surface area contributed by atoms with Crippen LogP contribution in [-0.2, 0) is 41.6 Å². The first-order valence-electron chi connectivity index (χ1n) is 14.2. The Kier molecular flexibility index (Phi) is 10.9. The molecule has 0 unspecified atom stereocenters. The molecule has 1 fully saturated rings. The molecule has 3 aromatic carbocycles. The lowest BCUT2D eigenvalue weighted by atomic mass is 9.91. The predicted molar refractivity (Wildman–Crippen MR) is 158 cm³/mol. The van der Waals surface area contributed by atoms with E-state index in [1.165, 1.54) is 7.11 Å². The Balaban J connectivity index is 1.50. The van der Waals surface area contributed by atoms with E-state index in [9.17, 15) is 24.0 Å². The van der Waals surface area contributed by atoms with Crippen LogP contribution in [0.15, 0.2) is 72.8 Å². The van der Waals surface area contributed by atoms with Gasteiger partial charge in [0.25, 0.3) is 0 Å². The number of methoxy groups -OCH3 is 1. The average molecular weight is 572 g/mol. The van der Waals surface area contributed by atoms with Gasteiger partial charge >= 0.3 is 0 Å². The maximum Gasteiger partial charge on any atom is 0.226 e. The van der Waals surface area contributed by atoms with Crippen LogP contribution >= 0.6 is 0 Å². The fourth-order valence-corrected chi connectivity index (χ4v) is 5.40. The Morgan fingerprint density at radius 3 is 2.45 bits per heavy atom. The summed E-state index contributed by atoms with van der Waals surface area (Å²) in [5.41, 5.74) is 1.72. The fraction of sp³-hybridized carbons (Fsp3) is 0.364. The van der Waals surface area contributed by atoms with E-state index in [4.69, 9.17) is 4.74 Å². The highest BCUT2D eigenvalue weighted by Crippen LogP contribution is 2.21. The molecule has 0 aliphatic carbocycles. The van der Waals surface area contributed by atoms with Gasteiger partial charge < -0.3 is 25.5 Å². The summed E-state index contributed by atoms with van der Waals surface area (Å²) in [6.45, 7) is 0.490. The average Bonchev–Trinajstić information content (AvgIpc) is 3.40. The van der Waals surface area contributed by atoms with E-state index >= 15 is 0 Å². The maximum atomic E-state index is 13.8. The van der Waals surface area contributed by atoms with Crippen LogP contribution < -0.4 is 16.0 Å². The number of amides is 3. The number of hydrogen-bond donors (Lipinski definition) is 3. The van der Waals surface area contributed by atoms with Gasteiger partial charge in [0.05, 0.1) is 31.0 Å². The smallest absolute Gasteiger partial charge is 0.226 e. The minimum Gasteiger partial charge on any atom is -0.384 e. The number of carbonyl (C=O) groups is 5. The molecule has 9 heteroatoms. The molecule has 1 aliphatic rings. The molecule has 1 heterocycles. The minimum atomic E-state index is -0.886. The standard InChI is InChI=1S/C33H37N3O6/c1-42-21-26(33(41)35-27(20-37)17-25-14-15-34-32(25)40)19-30(38)29(36-31(39)16-22-8-3-2-4-9-22)18-24-12-7-11-23-10-5-6-13-28(23)24/h2-13,20,25-27,29H,14-19,21H2,1H3,(H,34,40)(H,35,41)(H,36,39)/t25-,26-,27-,29-/m0/s1. The monoisotopic (exact) mass is 571 g/mol. The van der Waals surface area contributed by atoms with Crippen LogP contribution in [0.5, 0.6) is 0 Å². The largest absolute Gasteiger partial charge is 0.384 e. The third-order valence-electron chi connectivity index (χ3n) is 7.61. The lowest BCUT2D eigenvalue weighted by Gasteiger charge is -2.23. The zero-order valence-corrected chi connectivity index (χ0v) is 23.7. The summed E-state index contributed by atoms with van der Waals surface area (Å²) < 4.78 is 5.25. The van der Waals surface area contributed by atoms with Crippen molar-refractivity contribution in [2.45, 2.75) is 44.2 Å². The van der Waals surface area contributed by atoms with Gasteiger partial charge in [0.2, 0.25) is 17.7 Å². The number of ketones is 1. The van der Waals surface area contributed by atoms with Crippen LogP contribution in [0.25, 0.3) is 10.8 Å². The van der Waals surface area contributed by atoms with Crippen LogP contribution in [0.2, 0.25) is 0 Å². The number of benzene rings is 3. The zero-order chi connectivity index (χ0) is 29.9. The topological polar surface area (TPSA) is 131 Å². The number of carbonyl (C=O) groups excluding carboxylic acids is 5. The van der Waals surface area contributed by atoms with Crippen LogP contribution in [0.4, 0.5) is 0 Å². The van der Waals surface area contributed by atoms with Gasteiger partial charge in [-0.25, -0.2) is 0 Å². The molecule has 0 bridgehead atoms. The van der Waals surface area contributed by atoms with Crippen LogP contribution in [-0.4, -0.2) is 62.1 Å². The maximum absolute atomic E-state index is 13.8. The summed E-state index contributed by atoms with van der Waals surface area (Å²) in [6, 6.07) is 21.2. The van der Waals surface area contributed by atoms with E-state index in [1.807, 2.05) is 72.8 Å². The van der Waals surface area contributed by atoms with E-state index in [0.717, 1.165) is 21.9 Å².